The van der Waals surface area contributed by atoms with Crippen LogP contribution in [-0.4, -0.2) is 43.8 Å². The molecule has 0 bridgehead atoms. The van der Waals surface area contributed by atoms with Crippen molar-refractivity contribution in [3.63, 3.8) is 0 Å². The summed E-state index contributed by atoms with van der Waals surface area (Å²) in [6, 6.07) is 18.5. The van der Waals surface area contributed by atoms with E-state index in [4.69, 9.17) is 30.4 Å². The molecule has 11 heteroatoms. The molecule has 0 radical (unpaired) electrons. The van der Waals surface area contributed by atoms with E-state index in [0.29, 0.717) is 24.0 Å². The van der Waals surface area contributed by atoms with E-state index < -0.39 is 34.9 Å². The molecule has 10 nitrogen and oxygen atoms in total. The Morgan fingerprint density at radius 1 is 0.525 bits per heavy atom. The van der Waals surface area contributed by atoms with Crippen LogP contribution in [0.15, 0.2) is 70.6 Å². The summed E-state index contributed by atoms with van der Waals surface area (Å²) in [5.41, 5.74) is 9.96. The van der Waals surface area contributed by atoms with Gasteiger partial charge in [-0.05, 0) is 136 Å². The molecular weight excluding hydrogens is 839 g/mol. The minimum atomic E-state index is -1.28. The number of hydrogen-bond donors (Lipinski definition) is 4. The fourth-order valence-electron chi connectivity index (χ4n) is 6.14. The molecule has 59 heavy (non-hydrogen) atoms. The van der Waals surface area contributed by atoms with Gasteiger partial charge < -0.3 is 30.6 Å². The van der Waals surface area contributed by atoms with Crippen LogP contribution >= 0.6 is 0 Å². The minimum absolute atomic E-state index is 0. The number of aromatic carboxylic acids is 2. The van der Waals surface area contributed by atoms with Gasteiger partial charge in [-0.25, -0.2) is 9.59 Å². The van der Waals surface area contributed by atoms with E-state index in [1.165, 1.54) is 84.3 Å². The van der Waals surface area contributed by atoms with E-state index in [0.717, 1.165) is 49.2 Å². The van der Waals surface area contributed by atoms with Crippen molar-refractivity contribution in [3.8, 4) is 23.0 Å². The third kappa shape index (κ3) is 16.7. The number of rotatable bonds is 17. The van der Waals surface area contributed by atoms with Crippen LogP contribution in [0.3, 0.4) is 0 Å². The summed E-state index contributed by atoms with van der Waals surface area (Å²) in [5, 5.41) is 58.3. The first kappa shape index (κ1) is 52.0. The molecule has 0 aliphatic carbocycles. The zero-order chi connectivity index (χ0) is 43.4. The predicted octanol–water partition coefficient (Wildman–Crippen LogP) is 11.2. The van der Waals surface area contributed by atoms with Gasteiger partial charge in [-0.15, -0.1) is 0 Å². The number of phenolic OH excluding ortho intramolecular Hbond substituents is 2. The molecule has 322 valence electrons. The second-order valence-corrected chi connectivity index (χ2v) is 14.6. The number of benzene rings is 4. The van der Waals surface area contributed by atoms with Crippen LogP contribution in [0, 0.1) is 27.7 Å². The molecule has 4 aromatic carbocycles. The van der Waals surface area contributed by atoms with Gasteiger partial charge in [0.1, 0.15) is 11.5 Å². The maximum Gasteiger partial charge on any atom is 2.00 e. The molecule has 0 amide bonds. The SMILES string of the molecule is CCCCCCC(=Nc1ccc(C)c(C)c1)C(CCCC)=Nc1ccc(C)c(C)c1.CCCc1ccc(O)c([O-])c1C(=O)O.CCCc1ccc(O)c([O-])c1C(=O)O.[Pd+2]. The van der Waals surface area contributed by atoms with Crippen molar-refractivity contribution < 1.29 is 60.7 Å². The summed E-state index contributed by atoms with van der Waals surface area (Å²) in [7, 11) is 0. The average molecular weight is 901 g/mol. The number of nitrogens with zero attached hydrogens (tertiary/aromatic N) is 2. The topological polar surface area (TPSA) is 186 Å². The predicted molar refractivity (Wildman–Crippen MR) is 231 cm³/mol. The zero-order valence-electron chi connectivity index (χ0n) is 35.9. The second-order valence-electron chi connectivity index (χ2n) is 14.6. The van der Waals surface area contributed by atoms with Crippen molar-refractivity contribution in [2.45, 2.75) is 132 Å². The van der Waals surface area contributed by atoms with Crippen LogP contribution in [0.4, 0.5) is 11.4 Å². The normalized spacial score (nSPS) is 11.1. The number of aromatic hydroxyl groups is 2. The van der Waals surface area contributed by atoms with E-state index >= 15 is 0 Å². The number of unbranched alkanes of at least 4 members (excludes halogenated alkanes) is 4. The van der Waals surface area contributed by atoms with Crippen molar-refractivity contribution in [1.82, 2.24) is 0 Å². The number of carboxylic acid groups (broad SMARTS) is 2. The Bertz CT molecular complexity index is 1970. The molecule has 0 unspecified atom stereocenters. The largest absolute Gasteiger partial charge is 2.00 e. The van der Waals surface area contributed by atoms with E-state index in [2.05, 4.69) is 77.9 Å². The van der Waals surface area contributed by atoms with Crippen molar-refractivity contribution in [1.29, 1.82) is 0 Å². The molecule has 0 heterocycles. The molecule has 0 aromatic heterocycles. The standard InChI is InChI=1S/C28H40N2.2C10H12O4.Pd/c1-7-9-11-12-14-28(30-26-18-16-22(4)24(6)20-26)27(13-10-8-2)29-25-17-15-21(3)23(5)19-25;2*1-2-3-6-4-5-7(11)9(12)8(6)10(13)14;/h15-20H,7-14H2,1-6H3;2*4-5,11-12H,2-3H2,1H3,(H,13,14);/q;;;+2/p-2. The van der Waals surface area contributed by atoms with Gasteiger partial charge in [0, 0.05) is 0 Å². The first-order valence-corrected chi connectivity index (χ1v) is 20.4. The Morgan fingerprint density at radius 3 is 1.25 bits per heavy atom. The third-order valence-electron chi connectivity index (χ3n) is 9.79. The molecule has 0 aliphatic heterocycles. The Morgan fingerprint density at radius 2 is 0.915 bits per heavy atom. The van der Waals surface area contributed by atoms with E-state index in [9.17, 15) is 19.8 Å². The van der Waals surface area contributed by atoms with Crippen molar-refractivity contribution >= 4 is 34.7 Å². The average Bonchev–Trinajstić information content (AvgIpc) is 3.17. The maximum atomic E-state index is 11.3. The van der Waals surface area contributed by atoms with E-state index in [-0.39, 0.29) is 31.5 Å². The summed E-state index contributed by atoms with van der Waals surface area (Å²) in [6.45, 7) is 16.9. The van der Waals surface area contributed by atoms with Crippen molar-refractivity contribution in [2.24, 2.45) is 9.98 Å². The van der Waals surface area contributed by atoms with E-state index in [1.807, 2.05) is 13.8 Å². The van der Waals surface area contributed by atoms with Crippen LogP contribution in [0.5, 0.6) is 23.0 Å². The van der Waals surface area contributed by atoms with Gasteiger partial charge in [0.15, 0.2) is 0 Å². The molecule has 0 saturated carbocycles. The molecule has 0 spiro atoms. The zero-order valence-corrected chi connectivity index (χ0v) is 37.4. The number of aryl methyl sites for hydroxylation is 6. The summed E-state index contributed by atoms with van der Waals surface area (Å²) in [5.74, 6) is -5.19. The van der Waals surface area contributed by atoms with Gasteiger partial charge >= 0.3 is 32.4 Å². The molecule has 0 atom stereocenters. The minimum Gasteiger partial charge on any atom is -0.869 e. The molecule has 4 aromatic rings. The van der Waals surface area contributed by atoms with Gasteiger partial charge in [-0.1, -0.05) is 102 Å². The van der Waals surface area contributed by atoms with Crippen LogP contribution < -0.4 is 10.2 Å². The number of aliphatic imine (C=N–C) groups is 2. The summed E-state index contributed by atoms with van der Waals surface area (Å²) in [6.07, 6.45) is 11.8. The van der Waals surface area contributed by atoms with E-state index in [1.54, 1.807) is 0 Å². The Kier molecular flexibility index (Phi) is 23.7. The van der Waals surface area contributed by atoms with Gasteiger partial charge in [0.25, 0.3) is 0 Å². The summed E-state index contributed by atoms with van der Waals surface area (Å²) >= 11 is 0. The van der Waals surface area contributed by atoms with Gasteiger partial charge in [-0.3, -0.25) is 9.98 Å². The fraction of sp³-hybridized carbons (Fsp3) is 0.417. The number of hydrogen-bond acceptors (Lipinski definition) is 8. The maximum absolute atomic E-state index is 11.3. The van der Waals surface area contributed by atoms with Crippen LogP contribution in [0.25, 0.3) is 0 Å². The van der Waals surface area contributed by atoms with Crippen molar-refractivity contribution in [2.75, 3.05) is 0 Å². The monoisotopic (exact) mass is 900 g/mol. The Hall–Kier alpha value is -4.98. The third-order valence-corrected chi connectivity index (χ3v) is 9.79. The van der Waals surface area contributed by atoms with Gasteiger partial charge in [0.05, 0.1) is 33.9 Å². The van der Waals surface area contributed by atoms with Crippen LogP contribution in [0.1, 0.15) is 146 Å². The fourth-order valence-corrected chi connectivity index (χ4v) is 6.14. The molecular formula is C48H62N2O8Pd. The molecule has 0 saturated heterocycles. The van der Waals surface area contributed by atoms with Gasteiger partial charge in [0.2, 0.25) is 0 Å². The smallest absolute Gasteiger partial charge is 0.869 e. The van der Waals surface area contributed by atoms with Crippen LogP contribution in [0.2, 0.25) is 0 Å². The first-order valence-electron chi connectivity index (χ1n) is 20.4. The Labute approximate surface area is 364 Å². The molecule has 4 rings (SSSR count). The molecule has 4 N–H and O–H groups in total. The van der Waals surface area contributed by atoms with Gasteiger partial charge in [-0.2, -0.15) is 0 Å². The number of carboxylic acids is 2. The summed E-state index contributed by atoms with van der Waals surface area (Å²) < 4.78 is 0. The van der Waals surface area contributed by atoms with Crippen LogP contribution in [-0.2, 0) is 33.3 Å². The first-order chi connectivity index (χ1) is 27.6. The Balaban J connectivity index is 0.000000499. The number of carbonyl (C=O) groups is 2. The summed E-state index contributed by atoms with van der Waals surface area (Å²) in [4.78, 5) is 31.8. The molecule has 0 aliphatic rings. The second kappa shape index (κ2) is 26.9. The quantitative estimate of drug-likeness (QED) is 0.0458. The van der Waals surface area contributed by atoms with Crippen molar-refractivity contribution in [3.05, 3.63) is 105 Å². The molecule has 0 fully saturated rings. The number of phenols is 2.